The summed E-state index contributed by atoms with van der Waals surface area (Å²) in [6.07, 6.45) is 2.93. The molecular formula is C22H22ClFN4O6S3. The molecule has 5 rings (SSSR count). The number of amidine groups is 1. The Morgan fingerprint density at radius 3 is 2.78 bits per heavy atom. The highest BCUT2D eigenvalue weighted by atomic mass is 35.5. The van der Waals surface area contributed by atoms with Crippen LogP contribution in [0.3, 0.4) is 0 Å². The van der Waals surface area contributed by atoms with Crippen LogP contribution in [0.15, 0.2) is 44.2 Å². The molecule has 37 heavy (non-hydrogen) atoms. The number of benzene rings is 1. The molecule has 0 spiro atoms. The van der Waals surface area contributed by atoms with Crippen molar-refractivity contribution in [3.63, 3.8) is 0 Å². The molecule has 1 aliphatic carbocycles. The molecule has 1 fully saturated rings. The van der Waals surface area contributed by atoms with Crippen LogP contribution >= 0.6 is 22.9 Å². The summed E-state index contributed by atoms with van der Waals surface area (Å²) in [4.78, 5) is 15.0. The van der Waals surface area contributed by atoms with Gasteiger partial charge in [-0.25, -0.2) is 17.5 Å². The molecule has 15 heteroatoms. The average Bonchev–Trinajstić information content (AvgIpc) is 3.44. The van der Waals surface area contributed by atoms with Gasteiger partial charge < -0.3 is 15.3 Å². The van der Waals surface area contributed by atoms with Crippen LogP contribution in [-0.2, 0) is 37.9 Å². The van der Waals surface area contributed by atoms with Crippen molar-refractivity contribution in [2.45, 2.75) is 43.3 Å². The molecule has 3 heterocycles. The van der Waals surface area contributed by atoms with Crippen molar-refractivity contribution in [2.24, 2.45) is 10.3 Å². The normalized spacial score (nSPS) is 22.9. The summed E-state index contributed by atoms with van der Waals surface area (Å²) in [5, 5.41) is 15.7. The van der Waals surface area contributed by atoms with Crippen molar-refractivity contribution in [2.75, 3.05) is 11.6 Å². The monoisotopic (exact) mass is 588 g/mol. The number of halogens is 2. The first-order chi connectivity index (χ1) is 17.4. The number of sulfonamides is 2. The van der Waals surface area contributed by atoms with Crippen LogP contribution in [0.25, 0.3) is 0 Å². The molecule has 1 aromatic heterocycles. The molecule has 2 aromatic rings. The number of rotatable bonds is 6. The van der Waals surface area contributed by atoms with E-state index in [-0.39, 0.29) is 56.8 Å². The SMILES string of the molecule is CS(=O)(=O)NCc1csc2c1S(=O)(=O)N=C(C1=C(O)C3CCCC3N(Cc3ccc(F)cc3Cl)C1=O)N2. The molecule has 0 saturated heterocycles. The van der Waals surface area contributed by atoms with E-state index in [2.05, 4.69) is 14.4 Å². The second-order valence-electron chi connectivity index (χ2n) is 9.09. The van der Waals surface area contributed by atoms with Crippen LogP contribution < -0.4 is 10.0 Å². The van der Waals surface area contributed by atoms with Crippen LogP contribution in [0.5, 0.6) is 0 Å². The first kappa shape index (κ1) is 26.1. The Balaban J connectivity index is 1.52. The largest absolute Gasteiger partial charge is 0.511 e. The molecule has 0 radical (unpaired) electrons. The Hall–Kier alpha value is -2.52. The number of aliphatic hydroxyl groups excluding tert-OH is 1. The minimum absolute atomic E-state index is 0.0431. The number of nitrogens with one attached hydrogen (secondary N) is 2. The highest BCUT2D eigenvalue weighted by molar-refractivity contribution is 7.91. The smallest absolute Gasteiger partial charge is 0.287 e. The van der Waals surface area contributed by atoms with E-state index in [0.717, 1.165) is 30.1 Å². The summed E-state index contributed by atoms with van der Waals surface area (Å²) in [6.45, 7) is -0.208. The number of anilines is 1. The Labute approximate surface area is 222 Å². The Morgan fingerprint density at radius 1 is 1.32 bits per heavy atom. The number of nitrogens with zero attached hydrogens (tertiary/aromatic N) is 2. The van der Waals surface area contributed by atoms with Crippen LogP contribution in [0.4, 0.5) is 9.39 Å². The lowest BCUT2D eigenvalue weighted by atomic mass is 9.90. The van der Waals surface area contributed by atoms with Gasteiger partial charge in [0.15, 0.2) is 5.84 Å². The lowest BCUT2D eigenvalue weighted by Gasteiger charge is -2.39. The molecule has 198 valence electrons. The highest BCUT2D eigenvalue weighted by Gasteiger charge is 2.47. The van der Waals surface area contributed by atoms with E-state index in [1.807, 2.05) is 0 Å². The number of amides is 1. The minimum atomic E-state index is -4.33. The molecule has 2 unspecified atom stereocenters. The van der Waals surface area contributed by atoms with E-state index in [0.29, 0.717) is 18.4 Å². The Kier molecular flexibility index (Phi) is 6.59. The maximum Gasteiger partial charge on any atom is 0.287 e. The van der Waals surface area contributed by atoms with Crippen molar-refractivity contribution in [1.29, 1.82) is 0 Å². The topological polar surface area (TPSA) is 145 Å². The van der Waals surface area contributed by atoms with E-state index in [4.69, 9.17) is 11.6 Å². The molecule has 2 atom stereocenters. The first-order valence-electron chi connectivity index (χ1n) is 11.2. The number of fused-ring (bicyclic) bond motifs is 2. The van der Waals surface area contributed by atoms with Gasteiger partial charge >= 0.3 is 0 Å². The van der Waals surface area contributed by atoms with Gasteiger partial charge in [-0.15, -0.1) is 15.7 Å². The fourth-order valence-corrected chi connectivity index (χ4v) is 8.20. The number of aliphatic hydroxyl groups is 1. The minimum Gasteiger partial charge on any atom is -0.511 e. The lowest BCUT2D eigenvalue weighted by molar-refractivity contribution is -0.132. The third-order valence-corrected chi connectivity index (χ3v) is 10.1. The summed E-state index contributed by atoms with van der Waals surface area (Å²) in [5.74, 6) is -2.09. The van der Waals surface area contributed by atoms with Crippen molar-refractivity contribution in [3.05, 3.63) is 56.9 Å². The van der Waals surface area contributed by atoms with Crippen LogP contribution in [0.1, 0.15) is 30.4 Å². The molecule has 0 bridgehead atoms. The second kappa shape index (κ2) is 9.34. The third-order valence-electron chi connectivity index (χ3n) is 6.60. The standard InChI is InChI=1S/C22H22ClFN4O6S3/c1-36(31,32)25-8-12-10-35-21-19(12)37(33,34)27-20(26-21)17-18(29)14-3-2-4-16(14)28(22(17)30)9-11-5-6-13(24)7-15(11)23/h5-7,10,14,16,25,29H,2-4,8-9H2,1H3,(H,26,27). The van der Waals surface area contributed by atoms with Crippen molar-refractivity contribution in [3.8, 4) is 0 Å². The maximum atomic E-state index is 13.7. The van der Waals surface area contributed by atoms with Crippen molar-refractivity contribution in [1.82, 2.24) is 9.62 Å². The van der Waals surface area contributed by atoms with Crippen LogP contribution in [0.2, 0.25) is 5.02 Å². The summed E-state index contributed by atoms with van der Waals surface area (Å²) < 4.78 is 68.9. The highest BCUT2D eigenvalue weighted by Crippen LogP contribution is 2.43. The predicted octanol–water partition coefficient (Wildman–Crippen LogP) is 3.13. The summed E-state index contributed by atoms with van der Waals surface area (Å²) >= 11 is 7.22. The second-order valence-corrected chi connectivity index (χ2v) is 13.7. The molecule has 1 saturated carbocycles. The summed E-state index contributed by atoms with van der Waals surface area (Å²) in [6, 6.07) is 3.55. The zero-order valence-corrected chi connectivity index (χ0v) is 22.6. The summed E-state index contributed by atoms with van der Waals surface area (Å²) in [5.41, 5.74) is 0.467. The molecule has 3 N–H and O–H groups in total. The van der Waals surface area contributed by atoms with Gasteiger partial charge in [0.2, 0.25) is 10.0 Å². The zero-order valence-electron chi connectivity index (χ0n) is 19.4. The predicted molar refractivity (Wildman–Crippen MR) is 137 cm³/mol. The van der Waals surface area contributed by atoms with Gasteiger partial charge in [-0.3, -0.25) is 4.79 Å². The van der Waals surface area contributed by atoms with Gasteiger partial charge in [0.25, 0.3) is 15.9 Å². The van der Waals surface area contributed by atoms with E-state index in [9.17, 15) is 31.1 Å². The Morgan fingerprint density at radius 2 is 2.08 bits per heavy atom. The summed E-state index contributed by atoms with van der Waals surface area (Å²) in [7, 11) is -7.90. The van der Waals surface area contributed by atoms with Crippen LogP contribution in [0, 0.1) is 11.7 Å². The number of thiophene rings is 1. The van der Waals surface area contributed by atoms with Gasteiger partial charge in [0.1, 0.15) is 27.0 Å². The molecule has 3 aliphatic rings. The van der Waals surface area contributed by atoms with Gasteiger partial charge in [0.05, 0.1) is 6.26 Å². The van der Waals surface area contributed by atoms with Crippen LogP contribution in [-0.4, -0.2) is 50.9 Å². The number of carbonyl (C=O) groups excluding carboxylic acids is 1. The molecule has 10 nitrogen and oxygen atoms in total. The number of carbonyl (C=O) groups is 1. The maximum absolute atomic E-state index is 13.7. The quantitative estimate of drug-likeness (QED) is 0.470. The lowest BCUT2D eigenvalue weighted by Crippen LogP contribution is -2.49. The van der Waals surface area contributed by atoms with E-state index < -0.39 is 37.7 Å². The van der Waals surface area contributed by atoms with Crippen molar-refractivity contribution < 1.29 is 31.1 Å². The third kappa shape index (κ3) is 4.88. The number of hydrogen-bond donors (Lipinski definition) is 3. The van der Waals surface area contributed by atoms with Crippen molar-refractivity contribution >= 4 is 59.7 Å². The molecule has 1 aromatic carbocycles. The number of hydrogen-bond acceptors (Lipinski definition) is 8. The van der Waals surface area contributed by atoms with Gasteiger partial charge in [-0.2, -0.15) is 8.42 Å². The zero-order chi connectivity index (χ0) is 26.7. The van der Waals surface area contributed by atoms with Gasteiger partial charge in [-0.05, 0) is 35.9 Å². The van der Waals surface area contributed by atoms with E-state index in [1.165, 1.54) is 22.4 Å². The van der Waals surface area contributed by atoms with E-state index >= 15 is 0 Å². The van der Waals surface area contributed by atoms with E-state index in [1.54, 1.807) is 0 Å². The fraction of sp³-hybridized carbons (Fsp3) is 0.364. The Bertz CT molecular complexity index is 1580. The van der Waals surface area contributed by atoms with Gasteiger partial charge in [-0.1, -0.05) is 24.1 Å². The fourth-order valence-electron chi connectivity index (χ4n) is 4.95. The molecular weight excluding hydrogens is 567 g/mol. The molecule has 1 amide bonds. The average molecular weight is 589 g/mol. The van der Waals surface area contributed by atoms with Gasteiger partial charge in [0, 0.05) is 35.6 Å². The first-order valence-corrected chi connectivity index (χ1v) is 15.8. The molecule has 2 aliphatic heterocycles.